The maximum absolute atomic E-state index is 6.05. The van der Waals surface area contributed by atoms with Crippen molar-refractivity contribution in [3.05, 3.63) is 68.2 Å². The first kappa shape index (κ1) is 14.6. The first-order chi connectivity index (χ1) is 9.02. The molecule has 19 heavy (non-hydrogen) atoms. The first-order valence-corrected chi connectivity index (χ1v) is 6.83. The lowest BCUT2D eigenvalue weighted by atomic mass is 9.95. The molecule has 0 amide bonds. The van der Waals surface area contributed by atoms with Crippen molar-refractivity contribution in [3.8, 4) is 0 Å². The first-order valence-electron chi connectivity index (χ1n) is 5.70. The standard InChI is InChI=1S/C14H13Cl3N2/c1-8-6-10(15)3-4-11(8)14(19-18)9-2-5-12(16)13(17)7-9/h2-7,14,19H,18H2,1H3. The highest BCUT2D eigenvalue weighted by Gasteiger charge is 2.15. The number of rotatable bonds is 3. The van der Waals surface area contributed by atoms with Crippen molar-refractivity contribution in [2.75, 3.05) is 0 Å². The number of nitrogens with one attached hydrogen (secondary N) is 1. The lowest BCUT2D eigenvalue weighted by Gasteiger charge is -2.19. The van der Waals surface area contributed by atoms with Gasteiger partial charge in [-0.25, -0.2) is 5.43 Å². The summed E-state index contributed by atoms with van der Waals surface area (Å²) in [5.74, 6) is 5.67. The van der Waals surface area contributed by atoms with E-state index in [2.05, 4.69) is 5.43 Å². The molecule has 2 aromatic rings. The fraction of sp³-hybridized carbons (Fsp3) is 0.143. The van der Waals surface area contributed by atoms with E-state index in [1.54, 1.807) is 6.07 Å². The van der Waals surface area contributed by atoms with E-state index in [0.717, 1.165) is 16.7 Å². The summed E-state index contributed by atoms with van der Waals surface area (Å²) in [6.07, 6.45) is 0. The van der Waals surface area contributed by atoms with E-state index < -0.39 is 0 Å². The van der Waals surface area contributed by atoms with Gasteiger partial charge in [-0.3, -0.25) is 5.84 Å². The highest BCUT2D eigenvalue weighted by molar-refractivity contribution is 6.42. The Hall–Kier alpha value is -0.770. The van der Waals surface area contributed by atoms with Crippen LogP contribution in [-0.2, 0) is 0 Å². The van der Waals surface area contributed by atoms with Crippen molar-refractivity contribution in [1.29, 1.82) is 0 Å². The molecule has 0 radical (unpaired) electrons. The lowest BCUT2D eigenvalue weighted by molar-refractivity contribution is 0.634. The summed E-state index contributed by atoms with van der Waals surface area (Å²) in [6.45, 7) is 1.99. The van der Waals surface area contributed by atoms with E-state index in [9.17, 15) is 0 Å². The van der Waals surface area contributed by atoms with Gasteiger partial charge in [0.05, 0.1) is 16.1 Å². The Morgan fingerprint density at radius 2 is 1.74 bits per heavy atom. The fourth-order valence-corrected chi connectivity index (χ4v) is 2.55. The number of hydrogen-bond donors (Lipinski definition) is 2. The molecule has 1 atom stereocenters. The van der Waals surface area contributed by atoms with Crippen LogP contribution in [0.2, 0.25) is 15.1 Å². The molecule has 5 heteroatoms. The van der Waals surface area contributed by atoms with Crippen LogP contribution in [0.4, 0.5) is 0 Å². The highest BCUT2D eigenvalue weighted by atomic mass is 35.5. The number of hydrogen-bond acceptors (Lipinski definition) is 2. The number of benzene rings is 2. The van der Waals surface area contributed by atoms with Crippen LogP contribution in [0, 0.1) is 6.92 Å². The topological polar surface area (TPSA) is 38.0 Å². The van der Waals surface area contributed by atoms with Crippen molar-refractivity contribution in [1.82, 2.24) is 5.43 Å². The molecule has 0 fully saturated rings. The monoisotopic (exact) mass is 314 g/mol. The van der Waals surface area contributed by atoms with Crippen LogP contribution in [0.15, 0.2) is 36.4 Å². The molecular weight excluding hydrogens is 303 g/mol. The normalized spacial score (nSPS) is 12.5. The smallest absolute Gasteiger partial charge is 0.0713 e. The summed E-state index contributed by atoms with van der Waals surface area (Å²) in [5, 5.41) is 1.73. The molecular formula is C14H13Cl3N2. The number of aryl methyl sites for hydroxylation is 1. The third-order valence-electron chi connectivity index (χ3n) is 2.99. The predicted octanol–water partition coefficient (Wildman–Crippen LogP) is 4.51. The maximum atomic E-state index is 6.05. The summed E-state index contributed by atoms with van der Waals surface area (Å²) in [5.41, 5.74) is 5.85. The van der Waals surface area contributed by atoms with Gasteiger partial charge < -0.3 is 0 Å². The minimum atomic E-state index is -0.160. The Kier molecular flexibility index (Phi) is 4.71. The summed E-state index contributed by atoms with van der Waals surface area (Å²) in [7, 11) is 0. The minimum absolute atomic E-state index is 0.160. The van der Waals surface area contributed by atoms with E-state index >= 15 is 0 Å². The molecule has 2 rings (SSSR count). The fourth-order valence-electron chi connectivity index (χ4n) is 2.02. The zero-order chi connectivity index (χ0) is 14.0. The molecule has 0 aliphatic rings. The van der Waals surface area contributed by atoms with Crippen molar-refractivity contribution < 1.29 is 0 Å². The van der Waals surface area contributed by atoms with Gasteiger partial charge in [0.25, 0.3) is 0 Å². The number of nitrogens with two attached hydrogens (primary N) is 1. The molecule has 0 saturated carbocycles. The van der Waals surface area contributed by atoms with Crippen LogP contribution in [0.3, 0.4) is 0 Å². The number of halogens is 3. The second kappa shape index (κ2) is 6.12. The maximum Gasteiger partial charge on any atom is 0.0713 e. The van der Waals surface area contributed by atoms with Gasteiger partial charge in [-0.15, -0.1) is 0 Å². The molecule has 0 aliphatic carbocycles. The quantitative estimate of drug-likeness (QED) is 0.646. The highest BCUT2D eigenvalue weighted by Crippen LogP contribution is 2.30. The Bertz CT molecular complexity index is 599. The van der Waals surface area contributed by atoms with E-state index in [1.807, 2.05) is 37.3 Å². The van der Waals surface area contributed by atoms with Crippen molar-refractivity contribution in [2.45, 2.75) is 13.0 Å². The Labute approximate surface area is 127 Å². The van der Waals surface area contributed by atoms with Gasteiger partial charge in [0.15, 0.2) is 0 Å². The molecule has 0 aromatic heterocycles. The molecule has 0 aliphatic heterocycles. The van der Waals surface area contributed by atoms with E-state index in [0.29, 0.717) is 15.1 Å². The van der Waals surface area contributed by atoms with E-state index in [1.165, 1.54) is 0 Å². The average Bonchev–Trinajstić information content (AvgIpc) is 2.37. The second-order valence-electron chi connectivity index (χ2n) is 4.27. The Balaban J connectivity index is 2.46. The molecule has 100 valence electrons. The second-order valence-corrected chi connectivity index (χ2v) is 5.52. The molecule has 0 heterocycles. The molecule has 0 bridgehead atoms. The molecule has 2 nitrogen and oxygen atoms in total. The van der Waals surface area contributed by atoms with Crippen LogP contribution < -0.4 is 11.3 Å². The molecule has 2 aromatic carbocycles. The van der Waals surface area contributed by atoms with Crippen LogP contribution in [-0.4, -0.2) is 0 Å². The van der Waals surface area contributed by atoms with Crippen LogP contribution in [0.1, 0.15) is 22.7 Å². The van der Waals surface area contributed by atoms with Gasteiger partial charge in [-0.05, 0) is 47.9 Å². The van der Waals surface area contributed by atoms with Gasteiger partial charge in [-0.1, -0.05) is 46.9 Å². The van der Waals surface area contributed by atoms with Crippen molar-refractivity contribution >= 4 is 34.8 Å². The lowest BCUT2D eigenvalue weighted by Crippen LogP contribution is -2.29. The van der Waals surface area contributed by atoms with Crippen LogP contribution in [0.5, 0.6) is 0 Å². The molecule has 0 saturated heterocycles. The average molecular weight is 316 g/mol. The van der Waals surface area contributed by atoms with Crippen molar-refractivity contribution in [3.63, 3.8) is 0 Å². The van der Waals surface area contributed by atoms with E-state index in [4.69, 9.17) is 40.6 Å². The number of hydrazine groups is 1. The van der Waals surface area contributed by atoms with Crippen LogP contribution in [0.25, 0.3) is 0 Å². The largest absolute Gasteiger partial charge is 0.271 e. The SMILES string of the molecule is Cc1cc(Cl)ccc1C(NN)c1ccc(Cl)c(Cl)c1. The van der Waals surface area contributed by atoms with Gasteiger partial charge in [0, 0.05) is 5.02 Å². The zero-order valence-corrected chi connectivity index (χ0v) is 12.5. The summed E-state index contributed by atoms with van der Waals surface area (Å²) in [6, 6.07) is 11.0. The van der Waals surface area contributed by atoms with Gasteiger partial charge in [-0.2, -0.15) is 0 Å². The summed E-state index contributed by atoms with van der Waals surface area (Å²) < 4.78 is 0. The van der Waals surface area contributed by atoms with Crippen molar-refractivity contribution in [2.24, 2.45) is 5.84 Å². The van der Waals surface area contributed by atoms with Crippen LogP contribution >= 0.6 is 34.8 Å². The molecule has 3 N–H and O–H groups in total. The van der Waals surface area contributed by atoms with Gasteiger partial charge >= 0.3 is 0 Å². The molecule has 0 spiro atoms. The predicted molar refractivity (Wildman–Crippen MR) is 81.8 cm³/mol. The van der Waals surface area contributed by atoms with Gasteiger partial charge in [0.2, 0.25) is 0 Å². The zero-order valence-electron chi connectivity index (χ0n) is 10.3. The minimum Gasteiger partial charge on any atom is -0.271 e. The van der Waals surface area contributed by atoms with E-state index in [-0.39, 0.29) is 6.04 Å². The molecule has 1 unspecified atom stereocenters. The third kappa shape index (κ3) is 3.22. The Morgan fingerprint density at radius 3 is 2.32 bits per heavy atom. The summed E-state index contributed by atoms with van der Waals surface area (Å²) >= 11 is 17.9. The van der Waals surface area contributed by atoms with Gasteiger partial charge in [0.1, 0.15) is 0 Å². The summed E-state index contributed by atoms with van der Waals surface area (Å²) in [4.78, 5) is 0. The third-order valence-corrected chi connectivity index (χ3v) is 3.96. The Morgan fingerprint density at radius 1 is 1.00 bits per heavy atom.